The van der Waals surface area contributed by atoms with Crippen LogP contribution in [-0.4, -0.2) is 25.2 Å². The van der Waals surface area contributed by atoms with E-state index < -0.39 is 0 Å². The van der Waals surface area contributed by atoms with E-state index >= 15 is 0 Å². The van der Waals surface area contributed by atoms with E-state index in [1.807, 2.05) is 36.4 Å². The van der Waals surface area contributed by atoms with Gasteiger partial charge in [-0.15, -0.1) is 0 Å². The molecule has 1 aliphatic rings. The average molecular weight is 282 g/mol. The molecule has 0 spiro atoms. The van der Waals surface area contributed by atoms with Crippen molar-refractivity contribution in [1.29, 1.82) is 0 Å². The van der Waals surface area contributed by atoms with E-state index in [4.69, 9.17) is 13.9 Å². The first-order valence-electron chi connectivity index (χ1n) is 6.80. The first kappa shape index (κ1) is 12.1. The second-order valence-corrected chi connectivity index (χ2v) is 4.81. The molecule has 4 rings (SSSR count). The van der Waals surface area contributed by atoms with Crippen molar-refractivity contribution in [2.45, 2.75) is 0 Å². The predicted octanol–water partition coefficient (Wildman–Crippen LogP) is 3.31. The second-order valence-electron chi connectivity index (χ2n) is 4.81. The van der Waals surface area contributed by atoms with Crippen LogP contribution >= 0.6 is 0 Å². The topological polar surface area (TPSA) is 56.5 Å². The van der Waals surface area contributed by atoms with Crippen molar-refractivity contribution in [1.82, 2.24) is 4.98 Å². The molecule has 21 heavy (non-hydrogen) atoms. The number of rotatable bonds is 2. The molecule has 0 fully saturated rings. The molecule has 0 aliphatic carbocycles. The summed E-state index contributed by atoms with van der Waals surface area (Å²) in [4.78, 5) is 4.54. The first-order chi connectivity index (χ1) is 10.3. The molecule has 1 N–H and O–H groups in total. The molecule has 3 aromatic rings. The zero-order valence-electron chi connectivity index (χ0n) is 11.6. The second kappa shape index (κ2) is 4.70. The van der Waals surface area contributed by atoms with Crippen molar-refractivity contribution in [2.75, 3.05) is 25.6 Å². The van der Waals surface area contributed by atoms with Gasteiger partial charge in [-0.25, -0.2) is 4.98 Å². The number of oxazole rings is 1. The van der Waals surface area contributed by atoms with Crippen LogP contribution in [-0.2, 0) is 0 Å². The van der Waals surface area contributed by atoms with Crippen LogP contribution in [0.5, 0.6) is 11.5 Å². The van der Waals surface area contributed by atoms with E-state index in [2.05, 4.69) is 10.3 Å². The van der Waals surface area contributed by atoms with Gasteiger partial charge in [0.1, 0.15) is 17.9 Å². The van der Waals surface area contributed by atoms with E-state index in [0.29, 0.717) is 18.1 Å². The number of para-hydroxylation sites is 1. The van der Waals surface area contributed by atoms with Crippen molar-refractivity contribution in [3.63, 3.8) is 0 Å². The van der Waals surface area contributed by atoms with Gasteiger partial charge < -0.3 is 19.2 Å². The first-order valence-corrected chi connectivity index (χ1v) is 6.80. The third-order valence-electron chi connectivity index (χ3n) is 3.50. The molecule has 1 aromatic heterocycles. The minimum absolute atomic E-state index is 0.554. The summed E-state index contributed by atoms with van der Waals surface area (Å²) in [6.07, 6.45) is 0. The van der Waals surface area contributed by atoms with Crippen molar-refractivity contribution in [3.05, 3.63) is 36.4 Å². The number of hydrogen-bond donors (Lipinski definition) is 1. The number of fused-ring (bicyclic) bond motifs is 2. The highest BCUT2D eigenvalue weighted by Gasteiger charge is 2.19. The molecule has 0 saturated heterocycles. The van der Waals surface area contributed by atoms with Gasteiger partial charge in [-0.05, 0) is 24.3 Å². The molecule has 2 aromatic carbocycles. The number of benzene rings is 2. The fourth-order valence-corrected chi connectivity index (χ4v) is 2.49. The molecule has 0 unspecified atom stereocenters. The van der Waals surface area contributed by atoms with Gasteiger partial charge in [0.25, 0.3) is 0 Å². The minimum Gasteiger partial charge on any atom is -0.497 e. The Kier molecular flexibility index (Phi) is 2.70. The maximum atomic E-state index is 5.86. The molecule has 0 bridgehead atoms. The summed E-state index contributed by atoms with van der Waals surface area (Å²) < 4.78 is 16.8. The standard InChI is InChI=1S/C16H14N2O3/c1-19-10-5-6-12-14(9-10)21-16(18-12)11-3-2-4-13-15(11)20-8-7-17-13/h2-6,9,17H,7-8H2,1H3. The SMILES string of the molecule is COc1ccc2nc(-c3cccc4c3OCCN4)oc2c1. The lowest BCUT2D eigenvalue weighted by Gasteiger charge is -2.20. The highest BCUT2D eigenvalue weighted by Crippen LogP contribution is 2.38. The third kappa shape index (κ3) is 1.98. The van der Waals surface area contributed by atoms with Crippen LogP contribution in [0.1, 0.15) is 0 Å². The lowest BCUT2D eigenvalue weighted by molar-refractivity contribution is 0.324. The maximum Gasteiger partial charge on any atom is 0.231 e. The average Bonchev–Trinajstić information content (AvgIpc) is 2.97. The van der Waals surface area contributed by atoms with Crippen LogP contribution in [0.4, 0.5) is 5.69 Å². The van der Waals surface area contributed by atoms with Crippen molar-refractivity contribution >= 4 is 16.8 Å². The van der Waals surface area contributed by atoms with Crippen molar-refractivity contribution in [2.24, 2.45) is 0 Å². The summed E-state index contributed by atoms with van der Waals surface area (Å²) in [5.41, 5.74) is 3.33. The maximum absolute atomic E-state index is 5.86. The molecule has 0 amide bonds. The van der Waals surface area contributed by atoms with E-state index in [1.54, 1.807) is 7.11 Å². The molecule has 0 atom stereocenters. The third-order valence-corrected chi connectivity index (χ3v) is 3.50. The van der Waals surface area contributed by atoms with E-state index in [9.17, 15) is 0 Å². The Balaban J connectivity index is 1.86. The normalized spacial score (nSPS) is 13.4. The van der Waals surface area contributed by atoms with Crippen LogP contribution in [0, 0.1) is 0 Å². The van der Waals surface area contributed by atoms with Crippen molar-refractivity contribution in [3.8, 4) is 23.0 Å². The van der Waals surface area contributed by atoms with E-state index in [0.717, 1.165) is 34.8 Å². The van der Waals surface area contributed by atoms with Crippen LogP contribution in [0.3, 0.4) is 0 Å². The highest BCUT2D eigenvalue weighted by atomic mass is 16.5. The van der Waals surface area contributed by atoms with Crippen LogP contribution in [0.2, 0.25) is 0 Å². The van der Waals surface area contributed by atoms with Gasteiger partial charge in [0.15, 0.2) is 11.3 Å². The summed E-state index contributed by atoms with van der Waals surface area (Å²) in [6, 6.07) is 11.5. The van der Waals surface area contributed by atoms with Gasteiger partial charge in [0.05, 0.1) is 18.4 Å². The van der Waals surface area contributed by atoms with E-state index in [-0.39, 0.29) is 0 Å². The number of aromatic nitrogens is 1. The zero-order valence-corrected chi connectivity index (χ0v) is 11.6. The van der Waals surface area contributed by atoms with E-state index in [1.165, 1.54) is 0 Å². The van der Waals surface area contributed by atoms with Crippen LogP contribution in [0.25, 0.3) is 22.6 Å². The Hall–Kier alpha value is -2.69. The Labute approximate surface area is 121 Å². The minimum atomic E-state index is 0.554. The lowest BCUT2D eigenvalue weighted by atomic mass is 10.1. The summed E-state index contributed by atoms with van der Waals surface area (Å²) in [7, 11) is 1.63. The monoisotopic (exact) mass is 282 g/mol. The highest BCUT2D eigenvalue weighted by molar-refractivity contribution is 5.81. The van der Waals surface area contributed by atoms with Gasteiger partial charge in [0.2, 0.25) is 5.89 Å². The molecule has 0 saturated carbocycles. The van der Waals surface area contributed by atoms with Crippen LogP contribution in [0.15, 0.2) is 40.8 Å². The molecular weight excluding hydrogens is 268 g/mol. The number of nitrogens with zero attached hydrogens (tertiary/aromatic N) is 1. The quantitative estimate of drug-likeness (QED) is 0.781. The zero-order chi connectivity index (χ0) is 14.2. The van der Waals surface area contributed by atoms with Gasteiger partial charge in [-0.3, -0.25) is 0 Å². The number of ether oxygens (including phenoxy) is 2. The Morgan fingerprint density at radius 2 is 2.19 bits per heavy atom. The Bertz CT molecular complexity index is 810. The van der Waals surface area contributed by atoms with Crippen LogP contribution < -0.4 is 14.8 Å². The molecule has 5 heteroatoms. The van der Waals surface area contributed by atoms with Gasteiger partial charge in [-0.2, -0.15) is 0 Å². The molecule has 0 radical (unpaired) electrons. The number of nitrogens with one attached hydrogen (secondary N) is 1. The van der Waals surface area contributed by atoms with Gasteiger partial charge in [0, 0.05) is 12.6 Å². The Morgan fingerprint density at radius 3 is 3.10 bits per heavy atom. The number of methoxy groups -OCH3 is 1. The molecule has 5 nitrogen and oxygen atoms in total. The fraction of sp³-hybridized carbons (Fsp3) is 0.188. The summed E-state index contributed by atoms with van der Waals surface area (Å²) in [5, 5.41) is 3.31. The Morgan fingerprint density at radius 1 is 1.24 bits per heavy atom. The molecule has 2 heterocycles. The number of anilines is 1. The van der Waals surface area contributed by atoms with Crippen molar-refractivity contribution < 1.29 is 13.9 Å². The van der Waals surface area contributed by atoms with Gasteiger partial charge >= 0.3 is 0 Å². The fourth-order valence-electron chi connectivity index (χ4n) is 2.49. The summed E-state index contributed by atoms with van der Waals surface area (Å²) >= 11 is 0. The smallest absolute Gasteiger partial charge is 0.231 e. The molecular formula is C16H14N2O3. The number of hydrogen-bond acceptors (Lipinski definition) is 5. The summed E-state index contributed by atoms with van der Waals surface area (Å²) in [5.74, 6) is 2.10. The van der Waals surface area contributed by atoms with Gasteiger partial charge in [-0.1, -0.05) is 6.07 Å². The molecule has 106 valence electrons. The lowest BCUT2D eigenvalue weighted by Crippen LogP contribution is -2.18. The summed E-state index contributed by atoms with van der Waals surface area (Å²) in [6.45, 7) is 1.44. The predicted molar refractivity (Wildman–Crippen MR) is 80.0 cm³/mol. The largest absolute Gasteiger partial charge is 0.497 e. The molecule has 1 aliphatic heterocycles.